The average molecular weight is 544 g/mol. The van der Waals surface area contributed by atoms with E-state index in [4.69, 9.17) is 0 Å². The number of phenolic OH excluding ortho intramolecular Hbond substituents is 1. The van der Waals surface area contributed by atoms with Crippen molar-refractivity contribution in [1.82, 2.24) is 10.3 Å². The molecule has 3 aromatic carbocycles. The third-order valence-corrected chi connectivity index (χ3v) is 6.60. The molecular formula is C23H16Br2N2O2S. The highest BCUT2D eigenvalue weighted by Gasteiger charge is 2.20. The fourth-order valence-electron chi connectivity index (χ4n) is 3.07. The van der Waals surface area contributed by atoms with Gasteiger partial charge in [-0.3, -0.25) is 4.79 Å². The van der Waals surface area contributed by atoms with Crippen molar-refractivity contribution in [2.75, 3.05) is 0 Å². The molecule has 0 atom stereocenters. The smallest absolute Gasteiger partial charge is 0.281 e. The van der Waals surface area contributed by atoms with E-state index in [9.17, 15) is 9.90 Å². The van der Waals surface area contributed by atoms with Gasteiger partial charge in [0.25, 0.3) is 5.91 Å². The number of nitrogens with one attached hydrogen (secondary N) is 1. The minimum Gasteiger partial charge on any atom is -0.506 e. The van der Waals surface area contributed by atoms with Crippen LogP contribution in [0.25, 0.3) is 11.3 Å². The summed E-state index contributed by atoms with van der Waals surface area (Å²) in [4.78, 5) is 17.5. The van der Waals surface area contributed by atoms with Crippen LogP contribution in [0.5, 0.6) is 5.75 Å². The molecular weight excluding hydrogens is 528 g/mol. The summed E-state index contributed by atoms with van der Waals surface area (Å²) in [7, 11) is 0. The van der Waals surface area contributed by atoms with Gasteiger partial charge < -0.3 is 10.4 Å². The Morgan fingerprint density at radius 2 is 1.47 bits per heavy atom. The number of nitrogens with zero attached hydrogens (tertiary/aromatic N) is 1. The van der Waals surface area contributed by atoms with E-state index in [2.05, 4.69) is 42.2 Å². The summed E-state index contributed by atoms with van der Waals surface area (Å²) in [5.74, 6) is -0.110. The molecule has 0 unspecified atom stereocenters. The van der Waals surface area contributed by atoms with Crippen LogP contribution < -0.4 is 5.32 Å². The Hall–Kier alpha value is -2.48. The molecule has 0 aliphatic rings. The van der Waals surface area contributed by atoms with Crippen molar-refractivity contribution >= 4 is 49.1 Å². The standard InChI is InChI=1S/C23H16Br2N2O2S/c24-17-11-16(12-18(25)21(17)28)19-13-30-23(26-19)22(29)27-20(14-7-3-1-4-8-14)15-9-5-2-6-10-15/h1-13,20,28H,(H,27,29). The van der Waals surface area contributed by atoms with Gasteiger partial charge in [-0.1, -0.05) is 60.7 Å². The number of carbonyl (C=O) groups is 1. The fourth-order valence-corrected chi connectivity index (χ4v) is 4.98. The van der Waals surface area contributed by atoms with Crippen LogP contribution in [0, 0.1) is 0 Å². The van der Waals surface area contributed by atoms with Gasteiger partial charge in [0, 0.05) is 10.9 Å². The van der Waals surface area contributed by atoms with Crippen LogP contribution in [0.4, 0.5) is 0 Å². The summed E-state index contributed by atoms with van der Waals surface area (Å²) in [5, 5.41) is 15.2. The summed E-state index contributed by atoms with van der Waals surface area (Å²) in [5.41, 5.74) is 3.47. The van der Waals surface area contributed by atoms with Gasteiger partial charge >= 0.3 is 0 Å². The van der Waals surface area contributed by atoms with Crippen LogP contribution in [0.2, 0.25) is 0 Å². The van der Waals surface area contributed by atoms with Crippen molar-refractivity contribution in [3.8, 4) is 17.0 Å². The number of benzene rings is 3. The first-order valence-electron chi connectivity index (χ1n) is 9.07. The summed E-state index contributed by atoms with van der Waals surface area (Å²) in [6, 6.07) is 23.0. The monoisotopic (exact) mass is 542 g/mol. The van der Waals surface area contributed by atoms with Crippen LogP contribution in [0.3, 0.4) is 0 Å². The van der Waals surface area contributed by atoms with Crippen molar-refractivity contribution < 1.29 is 9.90 Å². The van der Waals surface area contributed by atoms with Crippen molar-refractivity contribution in [3.05, 3.63) is 103 Å². The molecule has 1 aromatic heterocycles. The first-order chi connectivity index (χ1) is 14.5. The molecule has 0 aliphatic heterocycles. The maximum Gasteiger partial charge on any atom is 0.281 e. The summed E-state index contributed by atoms with van der Waals surface area (Å²) in [6.45, 7) is 0. The van der Waals surface area contributed by atoms with Gasteiger partial charge in [0.1, 0.15) is 5.75 Å². The summed E-state index contributed by atoms with van der Waals surface area (Å²) in [6.07, 6.45) is 0. The number of thiazole rings is 1. The number of amides is 1. The number of phenols is 1. The summed E-state index contributed by atoms with van der Waals surface area (Å²) >= 11 is 7.95. The lowest BCUT2D eigenvalue weighted by atomic mass is 9.99. The Bertz CT molecular complexity index is 1120. The third kappa shape index (κ3) is 4.48. The van der Waals surface area contributed by atoms with Gasteiger partial charge in [0.15, 0.2) is 5.01 Å². The van der Waals surface area contributed by atoms with Gasteiger partial charge in [-0.2, -0.15) is 0 Å². The molecule has 0 fully saturated rings. The topological polar surface area (TPSA) is 62.2 Å². The molecule has 1 heterocycles. The molecule has 0 aliphatic carbocycles. The molecule has 150 valence electrons. The fraction of sp³-hybridized carbons (Fsp3) is 0.0435. The van der Waals surface area contributed by atoms with E-state index in [1.807, 2.05) is 66.0 Å². The van der Waals surface area contributed by atoms with E-state index in [-0.39, 0.29) is 17.7 Å². The van der Waals surface area contributed by atoms with E-state index < -0.39 is 0 Å². The third-order valence-electron chi connectivity index (χ3n) is 4.55. The second-order valence-electron chi connectivity index (χ2n) is 6.55. The van der Waals surface area contributed by atoms with Gasteiger partial charge in [0.05, 0.1) is 20.7 Å². The maximum atomic E-state index is 13.0. The van der Waals surface area contributed by atoms with Gasteiger partial charge in [-0.15, -0.1) is 11.3 Å². The lowest BCUT2D eigenvalue weighted by Crippen LogP contribution is -2.29. The Morgan fingerprint density at radius 1 is 0.933 bits per heavy atom. The molecule has 0 saturated heterocycles. The van der Waals surface area contributed by atoms with Gasteiger partial charge in [0.2, 0.25) is 0 Å². The average Bonchev–Trinajstić information content (AvgIpc) is 3.27. The van der Waals surface area contributed by atoms with Crippen LogP contribution in [-0.4, -0.2) is 16.0 Å². The highest BCUT2D eigenvalue weighted by molar-refractivity contribution is 9.11. The lowest BCUT2D eigenvalue weighted by Gasteiger charge is -2.19. The zero-order chi connectivity index (χ0) is 21.1. The number of rotatable bonds is 5. The Balaban J connectivity index is 1.61. The zero-order valence-electron chi connectivity index (χ0n) is 15.5. The Morgan fingerprint density at radius 3 is 2.00 bits per heavy atom. The number of halogens is 2. The Kier molecular flexibility index (Phi) is 6.32. The molecule has 4 rings (SSSR count). The molecule has 0 saturated carbocycles. The van der Waals surface area contributed by atoms with Crippen molar-refractivity contribution in [2.45, 2.75) is 6.04 Å². The normalized spacial score (nSPS) is 10.9. The van der Waals surface area contributed by atoms with E-state index in [1.54, 1.807) is 12.1 Å². The quantitative estimate of drug-likeness (QED) is 0.299. The summed E-state index contributed by atoms with van der Waals surface area (Å²) < 4.78 is 1.11. The van der Waals surface area contributed by atoms with Gasteiger partial charge in [-0.05, 0) is 55.1 Å². The van der Waals surface area contributed by atoms with E-state index >= 15 is 0 Å². The second kappa shape index (κ2) is 9.12. The number of hydrogen-bond donors (Lipinski definition) is 2. The molecule has 0 radical (unpaired) electrons. The van der Waals surface area contributed by atoms with Gasteiger partial charge in [-0.25, -0.2) is 4.98 Å². The molecule has 0 spiro atoms. The molecule has 0 bridgehead atoms. The molecule has 1 amide bonds. The van der Waals surface area contributed by atoms with E-state index in [1.165, 1.54) is 11.3 Å². The molecule has 4 aromatic rings. The van der Waals surface area contributed by atoms with E-state index in [0.29, 0.717) is 19.6 Å². The minimum absolute atomic E-state index is 0.125. The molecule has 4 nitrogen and oxygen atoms in total. The highest BCUT2D eigenvalue weighted by atomic mass is 79.9. The lowest BCUT2D eigenvalue weighted by molar-refractivity contribution is 0.0942. The predicted molar refractivity (Wildman–Crippen MR) is 127 cm³/mol. The largest absolute Gasteiger partial charge is 0.506 e. The predicted octanol–water partition coefficient (Wildman–Crippen LogP) is 6.56. The molecule has 30 heavy (non-hydrogen) atoms. The SMILES string of the molecule is O=C(NC(c1ccccc1)c1ccccc1)c1nc(-c2cc(Br)c(O)c(Br)c2)cs1. The zero-order valence-corrected chi connectivity index (χ0v) is 19.5. The molecule has 7 heteroatoms. The number of carbonyl (C=O) groups excluding carboxylic acids is 1. The van der Waals surface area contributed by atoms with Crippen molar-refractivity contribution in [2.24, 2.45) is 0 Å². The van der Waals surface area contributed by atoms with Crippen molar-refractivity contribution in [1.29, 1.82) is 0 Å². The van der Waals surface area contributed by atoms with Crippen molar-refractivity contribution in [3.63, 3.8) is 0 Å². The van der Waals surface area contributed by atoms with Crippen LogP contribution in [0.1, 0.15) is 27.0 Å². The Labute approximate surface area is 194 Å². The highest BCUT2D eigenvalue weighted by Crippen LogP contribution is 2.37. The van der Waals surface area contributed by atoms with Crippen LogP contribution in [-0.2, 0) is 0 Å². The van der Waals surface area contributed by atoms with E-state index in [0.717, 1.165) is 16.7 Å². The minimum atomic E-state index is -0.274. The first kappa shape index (κ1) is 20.8. The number of hydrogen-bond acceptors (Lipinski definition) is 4. The molecule has 2 N–H and O–H groups in total. The second-order valence-corrected chi connectivity index (χ2v) is 9.12. The van der Waals surface area contributed by atoms with Crippen LogP contribution >= 0.6 is 43.2 Å². The number of aromatic hydroxyl groups is 1. The number of aromatic nitrogens is 1. The maximum absolute atomic E-state index is 13.0. The first-order valence-corrected chi connectivity index (χ1v) is 11.5. The van der Waals surface area contributed by atoms with Crippen LogP contribution in [0.15, 0.2) is 87.1 Å².